The van der Waals surface area contributed by atoms with Gasteiger partial charge in [-0.15, -0.1) is 5.10 Å². The maximum Gasteiger partial charge on any atom is 0.242 e. The van der Waals surface area contributed by atoms with Gasteiger partial charge in [0.2, 0.25) is 5.91 Å². The molecule has 1 unspecified atom stereocenters. The summed E-state index contributed by atoms with van der Waals surface area (Å²) in [6.45, 7) is 1.95. The molecule has 0 bridgehead atoms. The molecule has 0 aliphatic heterocycles. The first-order valence-corrected chi connectivity index (χ1v) is 10.0. The highest BCUT2D eigenvalue weighted by molar-refractivity contribution is 5.76. The van der Waals surface area contributed by atoms with Crippen molar-refractivity contribution in [2.75, 3.05) is 0 Å². The number of carbonyl (C=O) groups is 1. The van der Waals surface area contributed by atoms with Crippen LogP contribution in [0, 0.1) is 0 Å². The van der Waals surface area contributed by atoms with E-state index in [2.05, 4.69) is 38.8 Å². The maximum atomic E-state index is 12.5. The Kier molecular flexibility index (Phi) is 5.67. The van der Waals surface area contributed by atoms with Crippen LogP contribution >= 0.6 is 0 Å². The van der Waals surface area contributed by atoms with Crippen molar-refractivity contribution in [3.8, 4) is 11.4 Å². The third-order valence-electron chi connectivity index (χ3n) is 5.33. The zero-order valence-corrected chi connectivity index (χ0v) is 16.5. The number of nitrogens with zero attached hydrogens (tertiary/aromatic N) is 4. The molecule has 0 fully saturated rings. The molecule has 7 heteroatoms. The van der Waals surface area contributed by atoms with Crippen LogP contribution in [0.2, 0.25) is 0 Å². The van der Waals surface area contributed by atoms with Crippen molar-refractivity contribution in [2.45, 2.75) is 51.8 Å². The smallest absolute Gasteiger partial charge is 0.242 e. The van der Waals surface area contributed by atoms with E-state index in [4.69, 9.17) is 0 Å². The average molecular weight is 391 g/mol. The number of amides is 1. The molecule has 150 valence electrons. The fraction of sp³-hybridized carbons (Fsp3) is 0.364. The lowest BCUT2D eigenvalue weighted by atomic mass is 9.89. The minimum absolute atomic E-state index is 0.0689. The maximum absolute atomic E-state index is 12.5. The van der Waals surface area contributed by atoms with Gasteiger partial charge in [-0.3, -0.25) is 4.79 Å². The second-order valence-electron chi connectivity index (χ2n) is 7.50. The predicted octanol–water partition coefficient (Wildman–Crippen LogP) is 2.59. The van der Waals surface area contributed by atoms with Crippen LogP contribution < -0.4 is 5.32 Å². The topological polar surface area (TPSA) is 92.9 Å². The van der Waals surface area contributed by atoms with Gasteiger partial charge in [-0.1, -0.05) is 29.5 Å². The number of aliphatic hydroxyl groups excluding tert-OH is 1. The number of fused-ring (bicyclic) bond motifs is 1. The van der Waals surface area contributed by atoms with Gasteiger partial charge in [0, 0.05) is 0 Å². The number of aliphatic hydroxyl groups is 1. The molecule has 1 amide bonds. The summed E-state index contributed by atoms with van der Waals surface area (Å²) in [5, 5.41) is 20.4. The van der Waals surface area contributed by atoms with E-state index >= 15 is 0 Å². The van der Waals surface area contributed by atoms with Gasteiger partial charge in [-0.25, -0.2) is 9.67 Å². The number of carbonyl (C=O) groups excluding carboxylic acids is 1. The highest BCUT2D eigenvalue weighted by Gasteiger charge is 2.15. The van der Waals surface area contributed by atoms with Crippen LogP contribution in [0.4, 0.5) is 0 Å². The zero-order valence-electron chi connectivity index (χ0n) is 16.5. The van der Waals surface area contributed by atoms with Gasteiger partial charge in [0.25, 0.3) is 0 Å². The summed E-state index contributed by atoms with van der Waals surface area (Å²) in [7, 11) is 0. The molecule has 1 aliphatic carbocycles. The Balaban J connectivity index is 1.39. The molecule has 0 spiro atoms. The molecule has 0 saturated carbocycles. The minimum atomic E-state index is -0.134. The van der Waals surface area contributed by atoms with Gasteiger partial charge >= 0.3 is 0 Å². The quantitative estimate of drug-likeness (QED) is 0.674. The Bertz CT molecular complexity index is 1010. The van der Waals surface area contributed by atoms with Gasteiger partial charge in [0.15, 0.2) is 0 Å². The molecular formula is C22H25N5O2. The van der Waals surface area contributed by atoms with Crippen molar-refractivity contribution in [3.63, 3.8) is 0 Å². The SMILES string of the molecule is CC(NC(=O)Cn1cc(-c2cccc(CO)n2)nn1)c1ccc2c(c1)CCCC2. The van der Waals surface area contributed by atoms with E-state index in [0.29, 0.717) is 17.1 Å². The third-order valence-corrected chi connectivity index (χ3v) is 5.33. The number of hydrogen-bond acceptors (Lipinski definition) is 5. The largest absolute Gasteiger partial charge is 0.390 e. The number of hydrogen-bond donors (Lipinski definition) is 2. The summed E-state index contributed by atoms with van der Waals surface area (Å²) in [6, 6.07) is 11.8. The molecule has 29 heavy (non-hydrogen) atoms. The number of pyridine rings is 1. The molecule has 2 aromatic heterocycles. The number of nitrogens with one attached hydrogen (secondary N) is 1. The summed E-state index contributed by atoms with van der Waals surface area (Å²) in [5.41, 5.74) is 5.72. The second-order valence-corrected chi connectivity index (χ2v) is 7.50. The van der Waals surface area contributed by atoms with E-state index in [9.17, 15) is 9.90 Å². The summed E-state index contributed by atoms with van der Waals surface area (Å²) in [5.74, 6) is -0.122. The molecule has 2 heterocycles. The molecule has 4 rings (SSSR count). The van der Waals surface area contributed by atoms with E-state index in [0.717, 1.165) is 18.4 Å². The first-order chi connectivity index (χ1) is 14.1. The Morgan fingerprint density at radius 2 is 2.00 bits per heavy atom. The molecule has 1 aliphatic rings. The molecule has 0 radical (unpaired) electrons. The first kappa shape index (κ1) is 19.3. The van der Waals surface area contributed by atoms with Gasteiger partial charge in [0.05, 0.1) is 30.2 Å². The van der Waals surface area contributed by atoms with Crippen molar-refractivity contribution < 1.29 is 9.90 Å². The monoisotopic (exact) mass is 391 g/mol. The van der Waals surface area contributed by atoms with E-state index in [1.54, 1.807) is 24.4 Å². The summed E-state index contributed by atoms with van der Waals surface area (Å²) >= 11 is 0. The Labute approximate surface area is 169 Å². The van der Waals surface area contributed by atoms with Crippen LogP contribution in [0.25, 0.3) is 11.4 Å². The van der Waals surface area contributed by atoms with Crippen molar-refractivity contribution >= 4 is 5.91 Å². The van der Waals surface area contributed by atoms with Gasteiger partial charge in [0.1, 0.15) is 12.2 Å². The van der Waals surface area contributed by atoms with Crippen LogP contribution in [0.15, 0.2) is 42.6 Å². The van der Waals surface area contributed by atoms with Crippen LogP contribution in [0.5, 0.6) is 0 Å². The highest BCUT2D eigenvalue weighted by Crippen LogP contribution is 2.24. The fourth-order valence-electron chi connectivity index (χ4n) is 3.74. The van der Waals surface area contributed by atoms with Gasteiger partial charge in [-0.2, -0.15) is 0 Å². The molecular weight excluding hydrogens is 366 g/mol. The van der Waals surface area contributed by atoms with Crippen LogP contribution in [-0.2, 0) is 30.8 Å². The number of benzene rings is 1. The standard InChI is InChI=1S/C22H25N5O2/c1-15(17-10-9-16-5-2-3-6-18(16)11-17)23-22(29)13-27-12-21(25-26-27)20-8-4-7-19(14-28)24-20/h4,7-12,15,28H,2-3,5-6,13-14H2,1H3,(H,23,29). The molecule has 0 saturated heterocycles. The van der Waals surface area contributed by atoms with Crippen LogP contribution in [0.1, 0.15) is 48.2 Å². The van der Waals surface area contributed by atoms with Crippen molar-refractivity contribution in [1.82, 2.24) is 25.3 Å². The lowest BCUT2D eigenvalue weighted by molar-refractivity contribution is -0.122. The Hall–Kier alpha value is -3.06. The van der Waals surface area contributed by atoms with Crippen LogP contribution in [-0.4, -0.2) is 31.0 Å². The lowest BCUT2D eigenvalue weighted by Gasteiger charge is -2.20. The van der Waals surface area contributed by atoms with E-state index in [1.165, 1.54) is 28.7 Å². The molecule has 1 aromatic carbocycles. The summed E-state index contributed by atoms with van der Waals surface area (Å²) in [6.07, 6.45) is 6.46. The number of aromatic nitrogens is 4. The fourth-order valence-corrected chi connectivity index (χ4v) is 3.74. The summed E-state index contributed by atoms with van der Waals surface area (Å²) in [4.78, 5) is 16.8. The van der Waals surface area contributed by atoms with Gasteiger partial charge in [-0.05, 0) is 61.4 Å². The number of rotatable bonds is 6. The van der Waals surface area contributed by atoms with Crippen molar-refractivity contribution in [1.29, 1.82) is 0 Å². The second kappa shape index (κ2) is 8.53. The zero-order chi connectivity index (χ0) is 20.2. The van der Waals surface area contributed by atoms with Crippen molar-refractivity contribution in [3.05, 3.63) is 65.0 Å². The average Bonchev–Trinajstić information content (AvgIpc) is 3.21. The molecule has 7 nitrogen and oxygen atoms in total. The summed E-state index contributed by atoms with van der Waals surface area (Å²) < 4.78 is 1.50. The minimum Gasteiger partial charge on any atom is -0.390 e. The molecule has 1 atom stereocenters. The highest BCUT2D eigenvalue weighted by atomic mass is 16.3. The Morgan fingerprint density at radius 1 is 1.17 bits per heavy atom. The van der Waals surface area contributed by atoms with Gasteiger partial charge < -0.3 is 10.4 Å². The first-order valence-electron chi connectivity index (χ1n) is 10.0. The molecule has 2 N–H and O–H groups in total. The third kappa shape index (κ3) is 4.51. The van der Waals surface area contributed by atoms with E-state index in [-0.39, 0.29) is 25.1 Å². The van der Waals surface area contributed by atoms with E-state index in [1.807, 2.05) is 6.92 Å². The lowest BCUT2D eigenvalue weighted by Crippen LogP contribution is -2.30. The Morgan fingerprint density at radius 3 is 2.83 bits per heavy atom. The van der Waals surface area contributed by atoms with Crippen LogP contribution in [0.3, 0.4) is 0 Å². The van der Waals surface area contributed by atoms with E-state index < -0.39 is 0 Å². The van der Waals surface area contributed by atoms with Crippen molar-refractivity contribution in [2.24, 2.45) is 0 Å². The number of aryl methyl sites for hydroxylation is 2. The normalized spacial score (nSPS) is 14.3. The molecule has 3 aromatic rings. The predicted molar refractivity (Wildman–Crippen MR) is 109 cm³/mol.